The van der Waals surface area contributed by atoms with Gasteiger partial charge in [-0.25, -0.2) is 13.1 Å². The summed E-state index contributed by atoms with van der Waals surface area (Å²) < 4.78 is 32.9. The number of carbonyl (C=O) groups excluding carboxylic acids is 1. The van der Waals surface area contributed by atoms with Gasteiger partial charge in [0.1, 0.15) is 5.76 Å². The molecule has 160 valence electrons. The summed E-state index contributed by atoms with van der Waals surface area (Å²) in [6, 6.07) is 7.95. The minimum absolute atomic E-state index is 0.0192. The van der Waals surface area contributed by atoms with Crippen LogP contribution >= 0.6 is 0 Å². The Balaban J connectivity index is 2.18. The first kappa shape index (κ1) is 23.1. The molecule has 0 aliphatic rings. The second-order valence-corrected chi connectivity index (χ2v) is 9.71. The van der Waals surface area contributed by atoms with Crippen LogP contribution in [0, 0.1) is 12.8 Å². The SMILES string of the molecule is Cc1ccc(S(=O)(=O)NCc2ccco2)cc1C(=O)N[C@H](CC(C)C)CN(C)C. The molecule has 0 saturated carbocycles. The summed E-state index contributed by atoms with van der Waals surface area (Å²) in [5, 5.41) is 3.06. The van der Waals surface area contributed by atoms with Gasteiger partial charge < -0.3 is 14.6 Å². The topological polar surface area (TPSA) is 91.6 Å². The molecule has 1 heterocycles. The fourth-order valence-corrected chi connectivity index (χ4v) is 4.15. The normalized spacial score (nSPS) is 13.1. The number of sulfonamides is 1. The third kappa shape index (κ3) is 6.99. The van der Waals surface area contributed by atoms with Gasteiger partial charge in [-0.15, -0.1) is 0 Å². The number of likely N-dealkylation sites (N-methyl/N-ethyl adjacent to an activating group) is 1. The number of nitrogens with one attached hydrogen (secondary N) is 2. The molecule has 0 aliphatic carbocycles. The number of nitrogens with zero attached hydrogens (tertiary/aromatic N) is 1. The number of carbonyl (C=O) groups is 1. The number of hydrogen-bond donors (Lipinski definition) is 2. The predicted octanol–water partition coefficient (Wildman–Crippen LogP) is 2.77. The van der Waals surface area contributed by atoms with Crippen molar-refractivity contribution in [1.29, 1.82) is 0 Å². The van der Waals surface area contributed by atoms with Gasteiger partial charge in [0.25, 0.3) is 5.91 Å². The van der Waals surface area contributed by atoms with Crippen molar-refractivity contribution in [2.45, 2.75) is 44.7 Å². The highest BCUT2D eigenvalue weighted by Gasteiger charge is 2.21. The summed E-state index contributed by atoms with van der Waals surface area (Å²) in [5.41, 5.74) is 1.08. The monoisotopic (exact) mass is 421 g/mol. The molecule has 0 bridgehead atoms. The van der Waals surface area contributed by atoms with Gasteiger partial charge in [-0.3, -0.25) is 4.79 Å². The molecule has 1 atom stereocenters. The van der Waals surface area contributed by atoms with Gasteiger partial charge in [0, 0.05) is 18.2 Å². The first-order valence-corrected chi connectivity index (χ1v) is 11.1. The highest BCUT2D eigenvalue weighted by atomic mass is 32.2. The van der Waals surface area contributed by atoms with Gasteiger partial charge in [0.15, 0.2) is 0 Å². The maximum absolute atomic E-state index is 12.9. The Labute approximate surface area is 173 Å². The van der Waals surface area contributed by atoms with Gasteiger partial charge >= 0.3 is 0 Å². The van der Waals surface area contributed by atoms with Gasteiger partial charge in [-0.1, -0.05) is 19.9 Å². The van der Waals surface area contributed by atoms with E-state index < -0.39 is 10.0 Å². The Kier molecular flexibility index (Phi) is 8.01. The molecule has 2 aromatic rings. The zero-order chi connectivity index (χ0) is 21.6. The molecule has 1 aromatic heterocycles. The predicted molar refractivity (Wildman–Crippen MR) is 113 cm³/mol. The lowest BCUT2D eigenvalue weighted by molar-refractivity contribution is 0.0923. The number of aryl methyl sites for hydroxylation is 1. The molecule has 0 spiro atoms. The highest BCUT2D eigenvalue weighted by Crippen LogP contribution is 2.17. The van der Waals surface area contributed by atoms with Crippen molar-refractivity contribution in [3.63, 3.8) is 0 Å². The van der Waals surface area contributed by atoms with Gasteiger partial charge in [0.05, 0.1) is 17.7 Å². The van der Waals surface area contributed by atoms with Crippen molar-refractivity contribution < 1.29 is 17.6 Å². The van der Waals surface area contributed by atoms with Crippen LogP contribution in [0.15, 0.2) is 45.9 Å². The highest BCUT2D eigenvalue weighted by molar-refractivity contribution is 7.89. The van der Waals surface area contributed by atoms with E-state index in [1.165, 1.54) is 18.4 Å². The zero-order valence-corrected chi connectivity index (χ0v) is 18.5. The van der Waals surface area contributed by atoms with E-state index >= 15 is 0 Å². The van der Waals surface area contributed by atoms with Gasteiger partial charge in [-0.05, 0) is 63.2 Å². The first-order chi connectivity index (χ1) is 13.6. The summed E-state index contributed by atoms with van der Waals surface area (Å²) in [5.74, 6) is 0.677. The average molecular weight is 422 g/mol. The Bertz CT molecular complexity index is 896. The Hall–Kier alpha value is -2.16. The van der Waals surface area contributed by atoms with Crippen LogP contribution in [0.25, 0.3) is 0 Å². The second-order valence-electron chi connectivity index (χ2n) is 7.94. The number of furan rings is 1. The Morgan fingerprint density at radius 2 is 1.93 bits per heavy atom. The van der Waals surface area contributed by atoms with E-state index in [0.717, 1.165) is 12.0 Å². The third-order valence-electron chi connectivity index (χ3n) is 4.46. The minimum Gasteiger partial charge on any atom is -0.468 e. The lowest BCUT2D eigenvalue weighted by Crippen LogP contribution is -2.42. The van der Waals surface area contributed by atoms with Crippen LogP contribution in [0.5, 0.6) is 0 Å². The van der Waals surface area contributed by atoms with Crippen molar-refractivity contribution in [3.8, 4) is 0 Å². The molecule has 0 aliphatic heterocycles. The Morgan fingerprint density at radius 1 is 1.21 bits per heavy atom. The van der Waals surface area contributed by atoms with Crippen molar-refractivity contribution in [2.24, 2.45) is 5.92 Å². The molecule has 0 saturated heterocycles. The fraction of sp³-hybridized carbons (Fsp3) is 0.476. The smallest absolute Gasteiger partial charge is 0.251 e. The van der Waals surface area contributed by atoms with E-state index in [0.29, 0.717) is 23.8 Å². The molecule has 29 heavy (non-hydrogen) atoms. The third-order valence-corrected chi connectivity index (χ3v) is 5.86. The van der Waals surface area contributed by atoms with Gasteiger partial charge in [0.2, 0.25) is 10.0 Å². The van der Waals surface area contributed by atoms with E-state index in [1.54, 1.807) is 25.1 Å². The van der Waals surface area contributed by atoms with Crippen LogP contribution in [0.1, 0.15) is 41.9 Å². The van der Waals surface area contributed by atoms with Crippen LogP contribution in [-0.4, -0.2) is 45.9 Å². The largest absolute Gasteiger partial charge is 0.468 e. The summed E-state index contributed by atoms with van der Waals surface area (Å²) in [6.45, 7) is 6.77. The Morgan fingerprint density at radius 3 is 2.52 bits per heavy atom. The summed E-state index contributed by atoms with van der Waals surface area (Å²) >= 11 is 0. The number of hydrogen-bond acceptors (Lipinski definition) is 5. The van der Waals surface area contributed by atoms with Crippen molar-refractivity contribution in [2.75, 3.05) is 20.6 Å². The zero-order valence-electron chi connectivity index (χ0n) is 17.7. The molecule has 7 nitrogen and oxygen atoms in total. The average Bonchev–Trinajstić information content (AvgIpc) is 3.12. The van der Waals surface area contributed by atoms with Crippen LogP contribution in [0.4, 0.5) is 0 Å². The van der Waals surface area contributed by atoms with E-state index in [2.05, 4.69) is 23.9 Å². The van der Waals surface area contributed by atoms with Crippen LogP contribution in [0.3, 0.4) is 0 Å². The van der Waals surface area contributed by atoms with Crippen molar-refractivity contribution >= 4 is 15.9 Å². The van der Waals surface area contributed by atoms with Crippen molar-refractivity contribution in [1.82, 2.24) is 14.9 Å². The molecule has 0 fully saturated rings. The molecule has 1 aromatic carbocycles. The number of amides is 1. The minimum atomic E-state index is -3.77. The van der Waals surface area contributed by atoms with E-state index in [1.807, 2.05) is 19.0 Å². The van der Waals surface area contributed by atoms with E-state index in [4.69, 9.17) is 4.42 Å². The lowest BCUT2D eigenvalue weighted by Gasteiger charge is -2.24. The maximum atomic E-state index is 12.9. The van der Waals surface area contributed by atoms with E-state index in [9.17, 15) is 13.2 Å². The second kappa shape index (κ2) is 10.0. The molecular formula is C21H31N3O4S. The van der Waals surface area contributed by atoms with Crippen molar-refractivity contribution in [3.05, 3.63) is 53.5 Å². The van der Waals surface area contributed by atoms with Crippen LogP contribution in [0.2, 0.25) is 0 Å². The molecule has 2 rings (SSSR count). The summed E-state index contributed by atoms with van der Waals surface area (Å²) in [7, 11) is 0.148. The standard InChI is InChI=1S/C21H31N3O4S/c1-15(2)11-17(14-24(4)5)23-21(25)20-12-19(9-8-16(20)3)29(26,27)22-13-18-7-6-10-28-18/h6-10,12,15,17,22H,11,13-14H2,1-5H3,(H,23,25)/t17-/m1/s1. The first-order valence-electron chi connectivity index (χ1n) is 9.66. The summed E-state index contributed by atoms with van der Waals surface area (Å²) in [4.78, 5) is 15.0. The molecule has 0 unspecified atom stereocenters. The quantitative estimate of drug-likeness (QED) is 0.615. The van der Waals surface area contributed by atoms with E-state index in [-0.39, 0.29) is 23.4 Å². The molecule has 2 N–H and O–H groups in total. The maximum Gasteiger partial charge on any atom is 0.251 e. The summed E-state index contributed by atoms with van der Waals surface area (Å²) in [6.07, 6.45) is 2.32. The molecule has 8 heteroatoms. The molecular weight excluding hydrogens is 390 g/mol. The molecule has 1 amide bonds. The van der Waals surface area contributed by atoms with Gasteiger partial charge in [-0.2, -0.15) is 0 Å². The number of benzene rings is 1. The molecule has 0 radical (unpaired) electrons. The number of rotatable bonds is 10. The van der Waals surface area contributed by atoms with Crippen LogP contribution in [-0.2, 0) is 16.6 Å². The fourth-order valence-electron chi connectivity index (χ4n) is 3.13. The van der Waals surface area contributed by atoms with Crippen LogP contribution < -0.4 is 10.0 Å². The lowest BCUT2D eigenvalue weighted by atomic mass is 10.0.